The number of hydrogen-bond donors (Lipinski definition) is 2. The molecular weight excluding hydrogens is 260 g/mol. The van der Waals surface area contributed by atoms with Crippen molar-refractivity contribution < 1.29 is 19.4 Å². The molecule has 0 spiro atoms. The normalized spacial score (nSPS) is 10.8. The number of nitrogens with zero attached hydrogens (tertiary/aromatic N) is 1. The summed E-state index contributed by atoms with van der Waals surface area (Å²) in [4.78, 5) is 22.6. The molecule has 6 nitrogen and oxygen atoms in total. The highest BCUT2D eigenvalue weighted by molar-refractivity contribution is 5.86. The Morgan fingerprint density at radius 3 is 2.80 bits per heavy atom. The van der Waals surface area contributed by atoms with Crippen LogP contribution in [0, 0.1) is 0 Å². The number of carboxylic acid groups (broad SMARTS) is 1. The Kier molecular flexibility index (Phi) is 6.79. The van der Waals surface area contributed by atoms with Gasteiger partial charge in [-0.3, -0.25) is 4.79 Å². The van der Waals surface area contributed by atoms with E-state index in [1.807, 2.05) is 13.8 Å². The maximum atomic E-state index is 11.7. The van der Waals surface area contributed by atoms with Crippen molar-refractivity contribution in [2.75, 3.05) is 13.2 Å². The quantitative estimate of drug-likeness (QED) is 0.673. The van der Waals surface area contributed by atoms with Gasteiger partial charge in [0.25, 0.3) is 0 Å². The molecule has 20 heavy (non-hydrogen) atoms. The lowest BCUT2D eigenvalue weighted by atomic mass is 10.3. The van der Waals surface area contributed by atoms with Crippen molar-refractivity contribution >= 4 is 11.9 Å². The van der Waals surface area contributed by atoms with Crippen LogP contribution in [-0.2, 0) is 16.1 Å². The Balaban J connectivity index is 2.20. The number of amides is 1. The van der Waals surface area contributed by atoms with E-state index in [-0.39, 0.29) is 24.2 Å². The number of carbonyl (C=O) groups is 2. The first-order valence-electron chi connectivity index (χ1n) is 6.77. The predicted octanol–water partition coefficient (Wildman–Crippen LogP) is 1.51. The summed E-state index contributed by atoms with van der Waals surface area (Å²) in [6, 6.07) is 3.08. The first-order chi connectivity index (χ1) is 9.50. The van der Waals surface area contributed by atoms with Crippen LogP contribution in [0.1, 0.15) is 37.2 Å². The third-order valence-electron chi connectivity index (χ3n) is 2.71. The highest BCUT2D eigenvalue weighted by Gasteiger charge is 2.11. The molecule has 0 radical (unpaired) electrons. The topological polar surface area (TPSA) is 80.6 Å². The molecule has 0 aromatic carbocycles. The van der Waals surface area contributed by atoms with Gasteiger partial charge in [0.1, 0.15) is 12.2 Å². The van der Waals surface area contributed by atoms with Gasteiger partial charge in [0.05, 0.1) is 6.10 Å². The number of nitrogens with one attached hydrogen (secondary N) is 1. The van der Waals surface area contributed by atoms with Gasteiger partial charge in [0.15, 0.2) is 0 Å². The van der Waals surface area contributed by atoms with Gasteiger partial charge in [-0.05, 0) is 38.8 Å². The average molecular weight is 282 g/mol. The van der Waals surface area contributed by atoms with Gasteiger partial charge >= 0.3 is 5.97 Å². The minimum atomic E-state index is -1.03. The van der Waals surface area contributed by atoms with Gasteiger partial charge in [-0.25, -0.2) is 4.79 Å². The fourth-order valence-corrected chi connectivity index (χ4v) is 1.73. The number of rotatable bonds is 9. The van der Waals surface area contributed by atoms with E-state index >= 15 is 0 Å². The third kappa shape index (κ3) is 5.88. The van der Waals surface area contributed by atoms with E-state index in [2.05, 4.69) is 5.32 Å². The molecule has 0 saturated heterocycles. The van der Waals surface area contributed by atoms with Crippen LogP contribution in [0.2, 0.25) is 0 Å². The van der Waals surface area contributed by atoms with E-state index < -0.39 is 5.97 Å². The van der Waals surface area contributed by atoms with Crippen LogP contribution in [0.25, 0.3) is 0 Å². The molecule has 0 aliphatic rings. The third-order valence-corrected chi connectivity index (χ3v) is 2.71. The number of aromatic nitrogens is 1. The molecule has 0 bridgehead atoms. The van der Waals surface area contributed by atoms with E-state index in [4.69, 9.17) is 9.84 Å². The van der Waals surface area contributed by atoms with Crippen molar-refractivity contribution in [1.82, 2.24) is 9.88 Å². The van der Waals surface area contributed by atoms with Gasteiger partial charge in [0, 0.05) is 19.3 Å². The Bertz CT molecular complexity index is 440. The molecule has 1 aromatic rings. The zero-order valence-corrected chi connectivity index (χ0v) is 12.0. The summed E-state index contributed by atoms with van der Waals surface area (Å²) in [5.74, 6) is -1.22. The molecule has 1 rings (SSSR count). The Morgan fingerprint density at radius 1 is 1.40 bits per heavy atom. The summed E-state index contributed by atoms with van der Waals surface area (Å²) in [6.45, 7) is 5.26. The van der Waals surface area contributed by atoms with Gasteiger partial charge in [-0.2, -0.15) is 0 Å². The minimum Gasteiger partial charge on any atom is -0.477 e. The standard InChI is InChI=1S/C14H22N2O4/c1-11(2)20-9-4-3-7-15-13(17)10-16-8-5-6-12(16)14(18)19/h5-6,8,11H,3-4,7,9-10H2,1-2H3,(H,15,17)(H,18,19). The number of carbonyl (C=O) groups excluding carboxylic acids is 1. The highest BCUT2D eigenvalue weighted by Crippen LogP contribution is 2.02. The van der Waals surface area contributed by atoms with E-state index in [1.54, 1.807) is 12.3 Å². The Morgan fingerprint density at radius 2 is 2.15 bits per heavy atom. The number of ether oxygens (including phenoxy) is 1. The van der Waals surface area contributed by atoms with Crippen molar-refractivity contribution in [3.8, 4) is 0 Å². The van der Waals surface area contributed by atoms with Gasteiger partial charge in [-0.15, -0.1) is 0 Å². The number of unbranched alkanes of at least 4 members (excludes halogenated alkanes) is 1. The lowest BCUT2D eigenvalue weighted by Gasteiger charge is -2.09. The largest absolute Gasteiger partial charge is 0.477 e. The summed E-state index contributed by atoms with van der Waals surface area (Å²) >= 11 is 0. The van der Waals surface area contributed by atoms with Gasteiger partial charge in [-0.1, -0.05) is 0 Å². The fourth-order valence-electron chi connectivity index (χ4n) is 1.73. The molecule has 1 amide bonds. The lowest BCUT2D eigenvalue weighted by Crippen LogP contribution is -2.29. The maximum Gasteiger partial charge on any atom is 0.352 e. The SMILES string of the molecule is CC(C)OCCCCNC(=O)Cn1cccc1C(=O)O. The Labute approximate surface area is 118 Å². The summed E-state index contributed by atoms with van der Waals surface area (Å²) in [5, 5.41) is 11.7. The van der Waals surface area contributed by atoms with Crippen LogP contribution >= 0.6 is 0 Å². The molecule has 1 aromatic heterocycles. The van der Waals surface area contributed by atoms with Gasteiger partial charge in [0.2, 0.25) is 5.91 Å². The van der Waals surface area contributed by atoms with E-state index in [0.29, 0.717) is 13.2 Å². The molecule has 0 saturated carbocycles. The second-order valence-electron chi connectivity index (χ2n) is 4.80. The minimum absolute atomic E-state index is 0.0249. The molecule has 0 aliphatic carbocycles. The first-order valence-corrected chi connectivity index (χ1v) is 6.77. The van der Waals surface area contributed by atoms with Crippen molar-refractivity contribution in [3.63, 3.8) is 0 Å². The molecule has 2 N–H and O–H groups in total. The molecule has 0 atom stereocenters. The van der Waals surface area contributed by atoms with Crippen LogP contribution in [0.4, 0.5) is 0 Å². The van der Waals surface area contributed by atoms with Crippen molar-refractivity contribution in [2.24, 2.45) is 0 Å². The molecule has 1 heterocycles. The second kappa shape index (κ2) is 8.37. The smallest absolute Gasteiger partial charge is 0.352 e. The van der Waals surface area contributed by atoms with Crippen LogP contribution in [0.5, 0.6) is 0 Å². The number of hydrogen-bond acceptors (Lipinski definition) is 3. The lowest BCUT2D eigenvalue weighted by molar-refractivity contribution is -0.121. The van der Waals surface area contributed by atoms with Crippen LogP contribution in [0.3, 0.4) is 0 Å². The maximum absolute atomic E-state index is 11.7. The average Bonchev–Trinajstić information content (AvgIpc) is 2.81. The zero-order chi connectivity index (χ0) is 15.0. The van der Waals surface area contributed by atoms with Crippen molar-refractivity contribution in [3.05, 3.63) is 24.0 Å². The summed E-state index contributed by atoms with van der Waals surface area (Å²) in [6.07, 6.45) is 3.55. The number of aromatic carboxylic acids is 1. The summed E-state index contributed by atoms with van der Waals surface area (Å²) < 4.78 is 6.81. The van der Waals surface area contributed by atoms with Crippen LogP contribution in [0.15, 0.2) is 18.3 Å². The Hall–Kier alpha value is -1.82. The molecular formula is C14H22N2O4. The van der Waals surface area contributed by atoms with E-state index in [1.165, 1.54) is 10.6 Å². The molecule has 0 aliphatic heterocycles. The summed E-state index contributed by atoms with van der Waals surface area (Å²) in [7, 11) is 0. The first kappa shape index (κ1) is 16.2. The zero-order valence-electron chi connectivity index (χ0n) is 12.0. The van der Waals surface area contributed by atoms with Gasteiger partial charge < -0.3 is 19.7 Å². The summed E-state index contributed by atoms with van der Waals surface area (Å²) in [5.41, 5.74) is 0.116. The predicted molar refractivity (Wildman–Crippen MR) is 74.7 cm³/mol. The molecule has 112 valence electrons. The highest BCUT2D eigenvalue weighted by atomic mass is 16.5. The molecule has 0 unspecified atom stereocenters. The molecule has 0 fully saturated rings. The van der Waals surface area contributed by atoms with E-state index in [0.717, 1.165) is 12.8 Å². The molecule has 6 heteroatoms. The monoisotopic (exact) mass is 282 g/mol. The van der Waals surface area contributed by atoms with Crippen molar-refractivity contribution in [1.29, 1.82) is 0 Å². The number of carboxylic acids is 1. The van der Waals surface area contributed by atoms with Crippen LogP contribution in [-0.4, -0.2) is 40.8 Å². The van der Waals surface area contributed by atoms with E-state index in [9.17, 15) is 9.59 Å². The van der Waals surface area contributed by atoms with Crippen molar-refractivity contribution in [2.45, 2.75) is 39.3 Å². The van der Waals surface area contributed by atoms with Crippen LogP contribution < -0.4 is 5.32 Å². The second-order valence-corrected chi connectivity index (χ2v) is 4.80. The fraction of sp³-hybridized carbons (Fsp3) is 0.571.